The van der Waals surface area contributed by atoms with E-state index in [2.05, 4.69) is 44.1 Å². The second-order valence-electron chi connectivity index (χ2n) is 4.66. The summed E-state index contributed by atoms with van der Waals surface area (Å²) in [5.74, 6) is 0.963. The first-order chi connectivity index (χ1) is 8.40. The molecule has 1 heterocycles. The largest absolute Gasteiger partial charge is 0.508 e. The molecule has 3 unspecified atom stereocenters. The Morgan fingerprint density at radius 1 is 1.39 bits per heavy atom. The van der Waals surface area contributed by atoms with Gasteiger partial charge in [0, 0.05) is 16.5 Å². The maximum atomic E-state index is 9.70. The van der Waals surface area contributed by atoms with Crippen molar-refractivity contribution >= 4 is 24.6 Å². The highest BCUT2D eigenvalue weighted by Gasteiger charge is 2.28. The van der Waals surface area contributed by atoms with Gasteiger partial charge >= 0.3 is 0 Å². The van der Waals surface area contributed by atoms with Gasteiger partial charge in [-0.05, 0) is 31.6 Å². The summed E-state index contributed by atoms with van der Waals surface area (Å²) >= 11 is 0. The fraction of sp³-hybridized carbons (Fsp3) is 0.286. The van der Waals surface area contributed by atoms with Crippen LogP contribution < -0.4 is 4.74 Å². The lowest BCUT2D eigenvalue weighted by atomic mass is 9.97. The van der Waals surface area contributed by atoms with E-state index in [-0.39, 0.29) is 17.3 Å². The van der Waals surface area contributed by atoms with Gasteiger partial charge in [0.25, 0.3) is 0 Å². The third-order valence-electron chi connectivity index (χ3n) is 2.99. The zero-order chi connectivity index (χ0) is 13.4. The van der Waals surface area contributed by atoms with Gasteiger partial charge in [-0.1, -0.05) is 18.2 Å². The normalized spacial score (nSPS) is 18.1. The smallest absolute Gasteiger partial charge is 0.137 e. The third kappa shape index (κ3) is 2.46. The van der Waals surface area contributed by atoms with Crippen LogP contribution in [0.15, 0.2) is 30.0 Å². The molecule has 0 fully saturated rings. The number of hydrogen-bond acceptors (Lipinski definition) is 2. The highest BCUT2D eigenvalue weighted by molar-refractivity contribution is 7.38. The van der Waals surface area contributed by atoms with Gasteiger partial charge in [-0.3, -0.25) is 0 Å². The minimum atomic E-state index is -0.202. The first-order valence-electron chi connectivity index (χ1n) is 5.79. The molecular formula is C14H18O2P2. The van der Waals surface area contributed by atoms with Gasteiger partial charge < -0.3 is 9.84 Å². The molecule has 3 atom stereocenters. The van der Waals surface area contributed by atoms with E-state index in [4.69, 9.17) is 4.74 Å². The lowest BCUT2D eigenvalue weighted by Gasteiger charge is -2.30. The molecule has 1 aromatic rings. The number of rotatable bonds is 2. The molecule has 0 spiro atoms. The van der Waals surface area contributed by atoms with E-state index in [9.17, 15) is 5.11 Å². The predicted molar refractivity (Wildman–Crippen MR) is 83.3 cm³/mol. The molecule has 0 bridgehead atoms. The van der Waals surface area contributed by atoms with Crippen LogP contribution in [0.25, 0.3) is 6.08 Å². The maximum absolute atomic E-state index is 9.70. The predicted octanol–water partition coefficient (Wildman–Crippen LogP) is 3.60. The fourth-order valence-electron chi connectivity index (χ4n) is 2.23. The lowest BCUT2D eigenvalue weighted by molar-refractivity contribution is 0.239. The van der Waals surface area contributed by atoms with Crippen molar-refractivity contribution in [3.63, 3.8) is 0 Å². The molecule has 1 aliphatic heterocycles. The second kappa shape index (κ2) is 5.03. The van der Waals surface area contributed by atoms with Crippen LogP contribution in [0.1, 0.15) is 16.7 Å². The number of fused-ring (bicyclic) bond motifs is 1. The summed E-state index contributed by atoms with van der Waals surface area (Å²) in [6.07, 6.45) is 1.76. The van der Waals surface area contributed by atoms with Crippen molar-refractivity contribution in [1.82, 2.24) is 0 Å². The van der Waals surface area contributed by atoms with Gasteiger partial charge in [0.2, 0.25) is 0 Å². The zero-order valence-corrected chi connectivity index (χ0v) is 12.9. The summed E-state index contributed by atoms with van der Waals surface area (Å²) < 4.78 is 6.02. The number of aliphatic hydroxyl groups excluding tert-OH is 1. The fourth-order valence-corrected chi connectivity index (χ4v) is 2.80. The van der Waals surface area contributed by atoms with Crippen LogP contribution in [0.2, 0.25) is 0 Å². The zero-order valence-electron chi connectivity index (χ0n) is 10.6. The molecule has 96 valence electrons. The standard InChI is InChI=1S/C14H18O2P2/c1-7-4-8(2)12-10(5-7)6-11(9(3)15)13(16-12)14(17)18/h4-6,13-15H,3,17-18H2,1-2H3. The number of aliphatic hydroxyl groups is 1. The van der Waals surface area contributed by atoms with Crippen molar-refractivity contribution in [2.24, 2.45) is 0 Å². The molecule has 0 amide bonds. The third-order valence-corrected chi connectivity index (χ3v) is 3.69. The first-order valence-corrected chi connectivity index (χ1v) is 7.12. The molecule has 1 aromatic carbocycles. The minimum absolute atomic E-state index is 0.0692. The summed E-state index contributed by atoms with van der Waals surface area (Å²) in [4.78, 5) is 0. The Morgan fingerprint density at radius 2 is 2.06 bits per heavy atom. The Bertz CT molecular complexity index is 533. The van der Waals surface area contributed by atoms with Gasteiger partial charge in [-0.25, -0.2) is 0 Å². The lowest BCUT2D eigenvalue weighted by Crippen LogP contribution is -2.29. The number of hydrogen-bond donors (Lipinski definition) is 1. The summed E-state index contributed by atoms with van der Waals surface area (Å²) in [6, 6.07) is 4.16. The van der Waals surface area contributed by atoms with Crippen molar-refractivity contribution < 1.29 is 9.84 Å². The molecule has 2 rings (SSSR count). The Kier molecular flexibility index (Phi) is 3.80. The molecular weight excluding hydrogens is 262 g/mol. The molecule has 1 N–H and O–H groups in total. The number of benzene rings is 1. The summed E-state index contributed by atoms with van der Waals surface area (Å²) in [5.41, 5.74) is 4.04. The van der Waals surface area contributed by atoms with Crippen molar-refractivity contribution in [3.05, 3.63) is 46.7 Å². The van der Waals surface area contributed by atoms with E-state index >= 15 is 0 Å². The van der Waals surface area contributed by atoms with E-state index in [1.165, 1.54) is 5.56 Å². The molecule has 18 heavy (non-hydrogen) atoms. The highest BCUT2D eigenvalue weighted by Crippen LogP contribution is 2.38. The van der Waals surface area contributed by atoms with Crippen LogP contribution in [-0.2, 0) is 0 Å². The van der Waals surface area contributed by atoms with Crippen LogP contribution in [0.4, 0.5) is 0 Å². The molecule has 1 aliphatic rings. The van der Waals surface area contributed by atoms with E-state index < -0.39 is 0 Å². The monoisotopic (exact) mass is 280 g/mol. The van der Waals surface area contributed by atoms with E-state index in [1.54, 1.807) is 0 Å². The van der Waals surface area contributed by atoms with Crippen LogP contribution in [-0.4, -0.2) is 16.6 Å². The quantitative estimate of drug-likeness (QED) is 0.662. The molecule has 0 saturated heterocycles. The van der Waals surface area contributed by atoms with Crippen LogP contribution in [0.5, 0.6) is 5.75 Å². The summed E-state index contributed by atoms with van der Waals surface area (Å²) in [5, 5.41) is 9.82. The summed E-state index contributed by atoms with van der Waals surface area (Å²) in [6.45, 7) is 7.71. The van der Waals surface area contributed by atoms with Gasteiger partial charge in [0.1, 0.15) is 17.6 Å². The van der Waals surface area contributed by atoms with Crippen LogP contribution in [0.3, 0.4) is 0 Å². The topological polar surface area (TPSA) is 29.5 Å². The Balaban J connectivity index is 2.58. The van der Waals surface area contributed by atoms with Gasteiger partial charge in [-0.2, -0.15) is 0 Å². The van der Waals surface area contributed by atoms with Gasteiger partial charge in [0.15, 0.2) is 0 Å². The van der Waals surface area contributed by atoms with Crippen molar-refractivity contribution in [2.45, 2.75) is 25.4 Å². The first kappa shape index (κ1) is 13.6. The molecule has 2 nitrogen and oxygen atoms in total. The minimum Gasteiger partial charge on any atom is -0.508 e. The Morgan fingerprint density at radius 3 is 2.61 bits per heavy atom. The van der Waals surface area contributed by atoms with Crippen molar-refractivity contribution in [3.8, 4) is 5.75 Å². The Hall–Kier alpha value is -0.840. The molecule has 0 radical (unpaired) electrons. The van der Waals surface area contributed by atoms with Crippen molar-refractivity contribution in [2.75, 3.05) is 0 Å². The summed E-state index contributed by atoms with van der Waals surface area (Å²) in [7, 11) is 5.36. The highest BCUT2D eigenvalue weighted by atomic mass is 31.1. The SMILES string of the molecule is C=C(O)C1=Cc2cc(C)cc(C)c2OC1C(P)P. The molecule has 0 aliphatic carbocycles. The second-order valence-corrected chi connectivity index (χ2v) is 6.97. The molecule has 4 heteroatoms. The average Bonchev–Trinajstić information content (AvgIpc) is 2.26. The maximum Gasteiger partial charge on any atom is 0.137 e. The van der Waals surface area contributed by atoms with Crippen LogP contribution in [0, 0.1) is 13.8 Å². The molecule has 0 aromatic heterocycles. The van der Waals surface area contributed by atoms with E-state index in [0.717, 1.165) is 22.4 Å². The average molecular weight is 280 g/mol. The molecule has 0 saturated carbocycles. The number of ether oxygens (including phenoxy) is 1. The van der Waals surface area contributed by atoms with Crippen molar-refractivity contribution in [1.29, 1.82) is 0 Å². The number of aryl methyl sites for hydroxylation is 2. The Labute approximate surface area is 113 Å². The van der Waals surface area contributed by atoms with Gasteiger partial charge in [0.05, 0.1) is 0 Å². The van der Waals surface area contributed by atoms with Gasteiger partial charge in [-0.15, -0.1) is 18.5 Å². The van der Waals surface area contributed by atoms with E-state index in [1.807, 2.05) is 13.0 Å². The van der Waals surface area contributed by atoms with Crippen LogP contribution >= 0.6 is 18.5 Å². The van der Waals surface area contributed by atoms with E-state index in [0.29, 0.717) is 0 Å².